The van der Waals surface area contributed by atoms with Crippen LogP contribution in [0.15, 0.2) is 59.6 Å². The zero-order valence-corrected chi connectivity index (χ0v) is 16.1. The number of ether oxygens (including phenoxy) is 2. The van der Waals surface area contributed by atoms with Crippen molar-refractivity contribution in [1.82, 2.24) is 0 Å². The van der Waals surface area contributed by atoms with Crippen molar-refractivity contribution < 1.29 is 27.1 Å². The second kappa shape index (κ2) is 8.91. The average Bonchev–Trinajstić information content (AvgIpc) is 2.66. The first-order valence-corrected chi connectivity index (χ1v) is 9.45. The van der Waals surface area contributed by atoms with E-state index in [-0.39, 0.29) is 10.7 Å². The number of nitrogens with two attached hydrogens (primary N) is 2. The van der Waals surface area contributed by atoms with Gasteiger partial charge in [0.1, 0.15) is 16.4 Å². The molecular formula is C18H21N4O5S+. The number of ketones is 1. The molecule has 2 aromatic carbocycles. The number of sulfonamides is 1. The van der Waals surface area contributed by atoms with Crippen molar-refractivity contribution >= 4 is 27.5 Å². The molecule has 0 heterocycles. The molecule has 0 saturated heterocycles. The molecule has 2 aromatic rings. The van der Waals surface area contributed by atoms with Crippen LogP contribution in [0.3, 0.4) is 0 Å². The van der Waals surface area contributed by atoms with Gasteiger partial charge >= 0.3 is 16.0 Å². The summed E-state index contributed by atoms with van der Waals surface area (Å²) in [6, 6.07) is 10.7. The van der Waals surface area contributed by atoms with E-state index in [2.05, 4.69) is 5.32 Å². The molecule has 6 N–H and O–H groups in total. The smallest absolute Gasteiger partial charge is 0.353 e. The minimum atomic E-state index is -3.82. The fraction of sp³-hybridized carbons (Fsp3) is 0.111. The number of methoxy groups -OCH3 is 2. The van der Waals surface area contributed by atoms with Crippen molar-refractivity contribution in [3.05, 3.63) is 60.3 Å². The van der Waals surface area contributed by atoms with Gasteiger partial charge in [0.25, 0.3) is 0 Å². The molecule has 0 aromatic heterocycles. The van der Waals surface area contributed by atoms with Crippen LogP contribution < -0.4 is 30.7 Å². The summed E-state index contributed by atoms with van der Waals surface area (Å²) < 4.78 is 36.2. The maximum Gasteiger partial charge on any atom is 0.353 e. The zero-order valence-electron chi connectivity index (χ0n) is 15.3. The molecule has 0 bridgehead atoms. The van der Waals surface area contributed by atoms with Crippen molar-refractivity contribution in [3.63, 3.8) is 0 Å². The van der Waals surface area contributed by atoms with Gasteiger partial charge < -0.3 is 14.8 Å². The van der Waals surface area contributed by atoms with Crippen LogP contribution in [-0.4, -0.2) is 34.4 Å². The van der Waals surface area contributed by atoms with E-state index in [1.54, 1.807) is 18.2 Å². The topological polar surface area (TPSA) is 148 Å². The van der Waals surface area contributed by atoms with Crippen LogP contribution in [0.2, 0.25) is 0 Å². The molecule has 0 atom stereocenters. The van der Waals surface area contributed by atoms with E-state index in [4.69, 9.17) is 20.9 Å². The second-order valence-corrected chi connectivity index (χ2v) is 7.18. The van der Waals surface area contributed by atoms with E-state index in [1.807, 2.05) is 4.40 Å². The minimum absolute atomic E-state index is 0.00512. The van der Waals surface area contributed by atoms with Gasteiger partial charge in [-0.25, -0.2) is 0 Å². The lowest BCUT2D eigenvalue weighted by atomic mass is 10.1. The van der Waals surface area contributed by atoms with E-state index in [1.165, 1.54) is 50.8 Å². The highest BCUT2D eigenvalue weighted by Gasteiger charge is 2.14. The molecule has 0 aliphatic rings. The summed E-state index contributed by atoms with van der Waals surface area (Å²) in [6.45, 7) is 0. The number of allylic oxidation sites excluding steroid dienone is 1. The van der Waals surface area contributed by atoms with Crippen LogP contribution in [-0.2, 0) is 10.0 Å². The van der Waals surface area contributed by atoms with Gasteiger partial charge in [-0.1, -0.05) is 0 Å². The molecule has 0 aliphatic carbocycles. The van der Waals surface area contributed by atoms with E-state index in [9.17, 15) is 13.2 Å². The third-order valence-electron chi connectivity index (χ3n) is 3.58. The summed E-state index contributed by atoms with van der Waals surface area (Å²) in [5.41, 5.74) is 11.3. The lowest BCUT2D eigenvalue weighted by Crippen LogP contribution is -2.80. The molecule has 0 spiro atoms. The summed E-state index contributed by atoms with van der Waals surface area (Å²) in [7, 11) is -0.831. The van der Waals surface area contributed by atoms with Crippen LogP contribution in [0.5, 0.6) is 11.5 Å². The van der Waals surface area contributed by atoms with Gasteiger partial charge in [0.15, 0.2) is 5.78 Å². The highest BCUT2D eigenvalue weighted by Crippen LogP contribution is 2.25. The van der Waals surface area contributed by atoms with Crippen LogP contribution in [0.1, 0.15) is 10.4 Å². The van der Waals surface area contributed by atoms with Crippen LogP contribution in [0.4, 0.5) is 5.69 Å². The number of rotatable bonds is 8. The molecule has 9 nitrogen and oxygen atoms in total. The first-order chi connectivity index (χ1) is 13.3. The lowest BCUT2D eigenvalue weighted by molar-refractivity contribution is -0.270. The first-order valence-electron chi connectivity index (χ1n) is 7.97. The van der Waals surface area contributed by atoms with Crippen molar-refractivity contribution in [2.75, 3.05) is 19.5 Å². The number of anilines is 1. The van der Waals surface area contributed by atoms with Crippen molar-refractivity contribution in [1.29, 1.82) is 0 Å². The highest BCUT2D eigenvalue weighted by molar-refractivity contribution is 7.84. The molecule has 0 amide bonds. The molecule has 0 radical (unpaired) electrons. The number of benzene rings is 2. The summed E-state index contributed by atoms with van der Waals surface area (Å²) in [5, 5.41) is 2.89. The largest absolute Gasteiger partial charge is 0.497 e. The molecule has 148 valence electrons. The monoisotopic (exact) mass is 405 g/mol. The van der Waals surface area contributed by atoms with Crippen LogP contribution in [0.25, 0.3) is 0 Å². The number of hydrogen-bond acceptors (Lipinski definition) is 6. The Morgan fingerprint density at radius 1 is 1.07 bits per heavy atom. The predicted octanol–water partition coefficient (Wildman–Crippen LogP) is -0.445. The molecule has 10 heteroatoms. The van der Waals surface area contributed by atoms with Crippen molar-refractivity contribution in [2.24, 2.45) is 11.5 Å². The Bertz CT molecular complexity index is 1010. The van der Waals surface area contributed by atoms with Gasteiger partial charge in [-0.2, -0.15) is 12.8 Å². The second-order valence-electron chi connectivity index (χ2n) is 5.49. The standard InChI is InChI=1S/C18H20N4O5S/c1-26-13-5-8-15(17(11-13)27-2)16(23)9-10-21-12-3-6-14(7-4-12)28(24,25)22-18(19)20/h3-11,21H,1-2H3,(H4,19,20,22)/p+1/b10-9+. The number of hydrogen-bond donors (Lipinski definition) is 4. The van der Waals surface area contributed by atoms with Crippen molar-refractivity contribution in [2.45, 2.75) is 4.90 Å². The molecule has 0 unspecified atom stereocenters. The number of nitrogens with one attached hydrogen (secondary N) is 2. The van der Waals surface area contributed by atoms with Crippen LogP contribution in [0, 0.1) is 0 Å². The minimum Gasteiger partial charge on any atom is -0.497 e. The third-order valence-corrected chi connectivity index (χ3v) is 4.97. The van der Waals surface area contributed by atoms with E-state index in [0.29, 0.717) is 22.7 Å². The Hall–Kier alpha value is -3.53. The number of carbonyl (C=O) groups excluding carboxylic acids is 1. The fourth-order valence-corrected chi connectivity index (χ4v) is 3.17. The molecule has 0 fully saturated rings. The van der Waals surface area contributed by atoms with Gasteiger partial charge in [-0.3, -0.25) is 16.3 Å². The molecule has 0 aliphatic heterocycles. The van der Waals surface area contributed by atoms with Gasteiger partial charge in [0.05, 0.1) is 19.8 Å². The van der Waals surface area contributed by atoms with Gasteiger partial charge in [0.2, 0.25) is 0 Å². The number of carbonyl (C=O) groups is 1. The summed E-state index contributed by atoms with van der Waals surface area (Å²) in [5.74, 6) is 0.281. The van der Waals surface area contributed by atoms with E-state index < -0.39 is 16.0 Å². The Kier molecular flexibility index (Phi) is 6.61. The summed E-state index contributed by atoms with van der Waals surface area (Å²) in [6.07, 6.45) is 2.78. The normalized spacial score (nSPS) is 11.1. The highest BCUT2D eigenvalue weighted by atomic mass is 32.2. The Morgan fingerprint density at radius 3 is 2.32 bits per heavy atom. The maximum absolute atomic E-state index is 12.3. The Morgan fingerprint density at radius 2 is 1.75 bits per heavy atom. The summed E-state index contributed by atoms with van der Waals surface area (Å²) >= 11 is 0. The molecule has 0 saturated carbocycles. The summed E-state index contributed by atoms with van der Waals surface area (Å²) in [4.78, 5) is 12.3. The Balaban J connectivity index is 2.09. The van der Waals surface area contributed by atoms with E-state index >= 15 is 0 Å². The lowest BCUT2D eigenvalue weighted by Gasteiger charge is -2.08. The quantitative estimate of drug-likeness (QED) is 0.200. The zero-order chi connectivity index (χ0) is 20.7. The van der Waals surface area contributed by atoms with E-state index in [0.717, 1.165) is 0 Å². The van der Waals surface area contributed by atoms with Gasteiger partial charge in [0, 0.05) is 24.0 Å². The molecule has 28 heavy (non-hydrogen) atoms. The number of guanidine groups is 1. The SMILES string of the molecule is COc1ccc(C(=O)/C=C/Nc2ccc(S(=O)(=O)[NH+]=C(N)N)cc2)c(OC)c1. The Labute approximate surface area is 162 Å². The van der Waals surface area contributed by atoms with Crippen LogP contribution >= 0.6 is 0 Å². The third kappa shape index (κ3) is 5.24. The average molecular weight is 405 g/mol. The first kappa shape index (κ1) is 20.8. The van der Waals surface area contributed by atoms with Gasteiger partial charge in [-0.15, -0.1) is 0 Å². The van der Waals surface area contributed by atoms with Gasteiger partial charge in [-0.05, 0) is 36.4 Å². The molecule has 2 rings (SSSR count). The fourth-order valence-electron chi connectivity index (χ4n) is 2.25. The maximum atomic E-state index is 12.3. The molecular weight excluding hydrogens is 384 g/mol. The van der Waals surface area contributed by atoms with Crippen molar-refractivity contribution in [3.8, 4) is 11.5 Å². The predicted molar refractivity (Wildman–Crippen MR) is 105 cm³/mol.